The van der Waals surface area contributed by atoms with E-state index >= 15 is 0 Å². The molecule has 1 saturated heterocycles. The maximum Gasteiger partial charge on any atom is 0.136 e. The predicted octanol–water partition coefficient (Wildman–Crippen LogP) is 2.26. The summed E-state index contributed by atoms with van der Waals surface area (Å²) < 4.78 is 0. The number of aromatic nitrogens is 1. The van der Waals surface area contributed by atoms with Gasteiger partial charge >= 0.3 is 0 Å². The van der Waals surface area contributed by atoms with Crippen molar-refractivity contribution in [1.29, 1.82) is 0 Å². The van der Waals surface area contributed by atoms with Crippen LogP contribution in [0.15, 0.2) is 30.5 Å². The average molecular weight is 285 g/mol. The molecule has 2 aromatic rings. The van der Waals surface area contributed by atoms with E-state index in [0.29, 0.717) is 6.04 Å². The Hall–Kier alpha value is -1.65. The van der Waals surface area contributed by atoms with Gasteiger partial charge in [-0.25, -0.2) is 4.98 Å². The van der Waals surface area contributed by atoms with Crippen LogP contribution in [0.1, 0.15) is 18.9 Å². The monoisotopic (exact) mass is 285 g/mol. The van der Waals surface area contributed by atoms with Gasteiger partial charge in [-0.15, -0.1) is 0 Å². The molecule has 0 spiro atoms. The molecule has 1 unspecified atom stereocenters. The fraction of sp³-hybridized carbons (Fsp3) is 0.471. The van der Waals surface area contributed by atoms with Crippen molar-refractivity contribution >= 4 is 16.6 Å². The molecule has 4 heteroatoms. The molecule has 0 bridgehead atoms. The third kappa shape index (κ3) is 2.61. The van der Waals surface area contributed by atoms with Gasteiger partial charge in [-0.3, -0.25) is 4.90 Å². The Kier molecular flexibility index (Phi) is 4.08. The van der Waals surface area contributed by atoms with Crippen LogP contribution in [0.5, 0.6) is 0 Å². The number of aliphatic hydroxyl groups is 1. The molecule has 21 heavy (non-hydrogen) atoms. The van der Waals surface area contributed by atoms with Crippen molar-refractivity contribution in [2.75, 3.05) is 31.6 Å². The van der Waals surface area contributed by atoms with E-state index in [9.17, 15) is 5.11 Å². The highest BCUT2D eigenvalue weighted by molar-refractivity contribution is 5.94. The van der Waals surface area contributed by atoms with Crippen LogP contribution in [-0.2, 0) is 6.61 Å². The molecule has 112 valence electrons. The number of piperazine rings is 1. The number of nitrogens with zero attached hydrogens (tertiary/aromatic N) is 3. The number of pyridine rings is 1. The van der Waals surface area contributed by atoms with Crippen LogP contribution in [0.4, 0.5) is 5.82 Å². The zero-order valence-corrected chi connectivity index (χ0v) is 12.8. The number of fused-ring (bicyclic) bond motifs is 1. The number of benzene rings is 1. The Labute approximate surface area is 126 Å². The first-order valence-electron chi connectivity index (χ1n) is 7.67. The summed E-state index contributed by atoms with van der Waals surface area (Å²) in [7, 11) is 2.20. The molecule has 1 aliphatic rings. The molecule has 2 heterocycles. The van der Waals surface area contributed by atoms with Crippen LogP contribution >= 0.6 is 0 Å². The third-order valence-electron chi connectivity index (χ3n) is 4.57. The van der Waals surface area contributed by atoms with Crippen molar-refractivity contribution in [3.8, 4) is 0 Å². The van der Waals surface area contributed by atoms with Gasteiger partial charge in [-0.1, -0.05) is 31.2 Å². The van der Waals surface area contributed by atoms with Gasteiger partial charge in [0.15, 0.2) is 0 Å². The second kappa shape index (κ2) is 6.00. The zero-order chi connectivity index (χ0) is 14.8. The first-order valence-corrected chi connectivity index (χ1v) is 7.67. The highest BCUT2D eigenvalue weighted by Gasteiger charge is 2.24. The highest BCUT2D eigenvalue weighted by atomic mass is 16.3. The Balaban J connectivity index is 2.01. The molecule has 1 aliphatic heterocycles. The fourth-order valence-corrected chi connectivity index (χ4v) is 3.19. The normalized spacial score (nSPS) is 20.1. The van der Waals surface area contributed by atoms with Gasteiger partial charge in [-0.2, -0.15) is 0 Å². The van der Waals surface area contributed by atoms with Crippen LogP contribution in [0.25, 0.3) is 10.8 Å². The molecule has 1 aromatic carbocycles. The second-order valence-corrected chi connectivity index (χ2v) is 5.80. The number of hydrogen-bond acceptors (Lipinski definition) is 4. The summed E-state index contributed by atoms with van der Waals surface area (Å²) >= 11 is 0. The summed E-state index contributed by atoms with van der Waals surface area (Å²) in [6, 6.07) is 8.82. The van der Waals surface area contributed by atoms with E-state index in [1.165, 1.54) is 0 Å². The first kappa shape index (κ1) is 14.3. The van der Waals surface area contributed by atoms with E-state index < -0.39 is 0 Å². The van der Waals surface area contributed by atoms with E-state index in [2.05, 4.69) is 40.9 Å². The Morgan fingerprint density at radius 1 is 1.24 bits per heavy atom. The van der Waals surface area contributed by atoms with Crippen molar-refractivity contribution < 1.29 is 5.11 Å². The molecule has 3 rings (SSSR count). The molecule has 1 atom stereocenters. The van der Waals surface area contributed by atoms with Gasteiger partial charge in [0.1, 0.15) is 5.82 Å². The largest absolute Gasteiger partial charge is 0.392 e. The molecule has 1 fully saturated rings. The Morgan fingerprint density at radius 3 is 2.71 bits per heavy atom. The lowest BCUT2D eigenvalue weighted by Crippen LogP contribution is -2.51. The number of aliphatic hydroxyl groups excluding tert-OH is 1. The topological polar surface area (TPSA) is 39.6 Å². The van der Waals surface area contributed by atoms with Gasteiger partial charge in [0.25, 0.3) is 0 Å². The highest BCUT2D eigenvalue weighted by Crippen LogP contribution is 2.28. The minimum Gasteiger partial charge on any atom is -0.392 e. The minimum atomic E-state index is 0.0358. The van der Waals surface area contributed by atoms with E-state index in [1.54, 1.807) is 0 Å². The molecule has 0 aliphatic carbocycles. The van der Waals surface area contributed by atoms with Crippen molar-refractivity contribution in [3.63, 3.8) is 0 Å². The molecular weight excluding hydrogens is 262 g/mol. The molecule has 4 nitrogen and oxygen atoms in total. The molecule has 0 amide bonds. The van der Waals surface area contributed by atoms with Crippen molar-refractivity contribution in [2.24, 2.45) is 0 Å². The van der Waals surface area contributed by atoms with Crippen LogP contribution in [-0.4, -0.2) is 47.7 Å². The summed E-state index contributed by atoms with van der Waals surface area (Å²) in [5.41, 5.74) is 0.899. The summed E-state index contributed by atoms with van der Waals surface area (Å²) in [4.78, 5) is 9.46. The molecule has 1 N–H and O–H groups in total. The number of hydrogen-bond donors (Lipinski definition) is 1. The molecular formula is C17H23N3O. The quantitative estimate of drug-likeness (QED) is 0.939. The third-order valence-corrected chi connectivity index (χ3v) is 4.57. The molecule has 0 radical (unpaired) electrons. The molecule has 1 aromatic heterocycles. The van der Waals surface area contributed by atoms with E-state index in [1.807, 2.05) is 18.3 Å². The summed E-state index contributed by atoms with van der Waals surface area (Å²) in [6.45, 7) is 5.36. The maximum absolute atomic E-state index is 9.49. The van der Waals surface area contributed by atoms with Gasteiger partial charge in [-0.05, 0) is 18.9 Å². The van der Waals surface area contributed by atoms with Crippen LogP contribution in [0.3, 0.4) is 0 Å². The van der Waals surface area contributed by atoms with Gasteiger partial charge < -0.3 is 10.0 Å². The van der Waals surface area contributed by atoms with Gasteiger partial charge in [0.2, 0.25) is 0 Å². The van der Waals surface area contributed by atoms with Crippen LogP contribution in [0.2, 0.25) is 0 Å². The van der Waals surface area contributed by atoms with Crippen LogP contribution < -0.4 is 4.90 Å². The second-order valence-electron chi connectivity index (χ2n) is 5.80. The van der Waals surface area contributed by atoms with Crippen molar-refractivity contribution in [3.05, 3.63) is 36.0 Å². The lowest BCUT2D eigenvalue weighted by Gasteiger charge is -2.40. The number of anilines is 1. The lowest BCUT2D eigenvalue weighted by atomic mass is 10.1. The molecule has 0 saturated carbocycles. The van der Waals surface area contributed by atoms with Crippen LogP contribution in [0, 0.1) is 0 Å². The predicted molar refractivity (Wildman–Crippen MR) is 86.6 cm³/mol. The Morgan fingerprint density at radius 2 is 2.00 bits per heavy atom. The number of likely N-dealkylation sites (N-methyl/N-ethyl adjacent to an activating group) is 1. The van der Waals surface area contributed by atoms with Gasteiger partial charge in [0, 0.05) is 42.8 Å². The minimum absolute atomic E-state index is 0.0358. The average Bonchev–Trinajstić information content (AvgIpc) is 2.54. The summed E-state index contributed by atoms with van der Waals surface area (Å²) in [6.07, 6.45) is 2.97. The SMILES string of the molecule is CCC1CN(c2ncc(CO)c3ccccc23)CCN1C. The number of rotatable bonds is 3. The lowest BCUT2D eigenvalue weighted by molar-refractivity contribution is 0.213. The van der Waals surface area contributed by atoms with E-state index in [4.69, 9.17) is 0 Å². The standard InChI is InChI=1S/C17H23N3O/c1-3-14-11-20(9-8-19(14)2)17-16-7-5-4-6-15(16)13(12-21)10-18-17/h4-7,10,14,21H,3,8-9,11-12H2,1-2H3. The van der Waals surface area contributed by atoms with E-state index in [-0.39, 0.29) is 6.61 Å². The smallest absolute Gasteiger partial charge is 0.136 e. The zero-order valence-electron chi connectivity index (χ0n) is 12.8. The van der Waals surface area contributed by atoms with Crippen molar-refractivity contribution in [2.45, 2.75) is 26.0 Å². The van der Waals surface area contributed by atoms with Crippen molar-refractivity contribution in [1.82, 2.24) is 9.88 Å². The van der Waals surface area contributed by atoms with E-state index in [0.717, 1.165) is 48.2 Å². The first-order chi connectivity index (χ1) is 10.2. The Bertz CT molecular complexity index is 628. The van der Waals surface area contributed by atoms with Gasteiger partial charge in [0.05, 0.1) is 6.61 Å². The summed E-state index contributed by atoms with van der Waals surface area (Å²) in [5.74, 6) is 1.05. The fourth-order valence-electron chi connectivity index (χ4n) is 3.19. The maximum atomic E-state index is 9.49. The summed E-state index contributed by atoms with van der Waals surface area (Å²) in [5, 5.41) is 11.7.